The van der Waals surface area contributed by atoms with Gasteiger partial charge in [0.25, 0.3) is 0 Å². The number of alkyl halides is 1. The second-order valence-electron chi connectivity index (χ2n) is 4.00. The van der Waals surface area contributed by atoms with Crippen molar-refractivity contribution in [1.29, 1.82) is 0 Å². The first-order valence-corrected chi connectivity index (χ1v) is 6.14. The molecule has 0 spiro atoms. The van der Waals surface area contributed by atoms with Crippen molar-refractivity contribution in [2.75, 3.05) is 12.4 Å². The average Bonchev–Trinajstić information content (AvgIpc) is 2.67. The highest BCUT2D eigenvalue weighted by molar-refractivity contribution is 6.18. The van der Waals surface area contributed by atoms with E-state index in [4.69, 9.17) is 11.6 Å². The van der Waals surface area contributed by atoms with E-state index in [1.807, 2.05) is 4.90 Å². The minimum atomic E-state index is 0.207. The van der Waals surface area contributed by atoms with Gasteiger partial charge < -0.3 is 4.90 Å². The summed E-state index contributed by atoms with van der Waals surface area (Å²) in [4.78, 5) is 14.0. The Morgan fingerprint density at radius 3 is 2.64 bits per heavy atom. The van der Waals surface area contributed by atoms with Crippen molar-refractivity contribution in [2.45, 2.75) is 45.6 Å². The van der Waals surface area contributed by atoms with Crippen LogP contribution in [0.1, 0.15) is 39.5 Å². The lowest BCUT2D eigenvalue weighted by molar-refractivity contribution is -0.136. The van der Waals surface area contributed by atoms with Gasteiger partial charge in [0.2, 0.25) is 5.91 Å². The fourth-order valence-corrected chi connectivity index (χ4v) is 2.48. The maximum atomic E-state index is 12.0. The van der Waals surface area contributed by atoms with Gasteiger partial charge in [0.1, 0.15) is 0 Å². The molecule has 1 amide bonds. The number of rotatable bonds is 4. The predicted octanol–water partition coefficient (Wildman–Crippen LogP) is 2.65. The van der Waals surface area contributed by atoms with Crippen LogP contribution < -0.4 is 0 Å². The largest absolute Gasteiger partial charge is 0.338 e. The second kappa shape index (κ2) is 5.59. The molecule has 1 unspecified atom stereocenters. The molecule has 0 saturated carbocycles. The fourth-order valence-electron chi connectivity index (χ4n) is 2.16. The van der Waals surface area contributed by atoms with Crippen LogP contribution >= 0.6 is 11.6 Å². The Morgan fingerprint density at radius 2 is 2.14 bits per heavy atom. The van der Waals surface area contributed by atoms with Gasteiger partial charge >= 0.3 is 0 Å². The molecule has 1 heterocycles. The van der Waals surface area contributed by atoms with E-state index in [2.05, 4.69) is 13.8 Å². The lowest BCUT2D eigenvalue weighted by Gasteiger charge is -2.26. The van der Waals surface area contributed by atoms with Crippen LogP contribution in [0.4, 0.5) is 0 Å². The van der Waals surface area contributed by atoms with Gasteiger partial charge in [-0.1, -0.05) is 13.8 Å². The molecule has 14 heavy (non-hydrogen) atoms. The van der Waals surface area contributed by atoms with Crippen molar-refractivity contribution in [2.24, 2.45) is 5.92 Å². The number of likely N-dealkylation sites (tertiary alicyclic amines) is 1. The first kappa shape index (κ1) is 11.8. The minimum Gasteiger partial charge on any atom is -0.338 e. The van der Waals surface area contributed by atoms with Crippen molar-refractivity contribution in [3.63, 3.8) is 0 Å². The molecular formula is C11H20ClNO. The number of carbonyl (C=O) groups is 1. The van der Waals surface area contributed by atoms with Crippen LogP contribution in [-0.4, -0.2) is 29.3 Å². The van der Waals surface area contributed by atoms with Gasteiger partial charge in [0, 0.05) is 24.4 Å². The van der Waals surface area contributed by atoms with Crippen molar-refractivity contribution in [3.05, 3.63) is 0 Å². The van der Waals surface area contributed by atoms with E-state index in [1.165, 1.54) is 0 Å². The lowest BCUT2D eigenvalue weighted by Crippen LogP contribution is -2.40. The smallest absolute Gasteiger partial charge is 0.225 e. The lowest BCUT2D eigenvalue weighted by atomic mass is 10.0. The van der Waals surface area contributed by atoms with Gasteiger partial charge in [0.15, 0.2) is 0 Å². The zero-order valence-corrected chi connectivity index (χ0v) is 9.89. The van der Waals surface area contributed by atoms with Crippen LogP contribution in [0, 0.1) is 5.92 Å². The molecule has 0 radical (unpaired) electrons. The summed E-state index contributed by atoms with van der Waals surface area (Å²) in [5.41, 5.74) is 0. The topological polar surface area (TPSA) is 20.3 Å². The number of hydrogen-bond donors (Lipinski definition) is 0. The molecule has 0 N–H and O–H groups in total. The molecule has 82 valence electrons. The van der Waals surface area contributed by atoms with E-state index in [9.17, 15) is 4.79 Å². The standard InChI is InChI=1S/C11H20ClNO/c1-3-9(4-2)11(14)13-7-5-6-10(13)8-12/h9-10H,3-8H2,1-2H3. The number of amides is 1. The van der Waals surface area contributed by atoms with Crippen molar-refractivity contribution >= 4 is 17.5 Å². The number of hydrogen-bond acceptors (Lipinski definition) is 1. The monoisotopic (exact) mass is 217 g/mol. The molecule has 0 bridgehead atoms. The molecule has 0 aromatic rings. The number of carbonyl (C=O) groups excluding carboxylic acids is 1. The van der Waals surface area contributed by atoms with E-state index in [1.54, 1.807) is 0 Å². The summed E-state index contributed by atoms with van der Waals surface area (Å²) < 4.78 is 0. The van der Waals surface area contributed by atoms with Crippen LogP contribution in [0.3, 0.4) is 0 Å². The first-order valence-electron chi connectivity index (χ1n) is 5.61. The maximum Gasteiger partial charge on any atom is 0.225 e. The third-order valence-corrected chi connectivity index (χ3v) is 3.53. The van der Waals surface area contributed by atoms with E-state index in [0.717, 1.165) is 32.2 Å². The second-order valence-corrected chi connectivity index (χ2v) is 4.30. The van der Waals surface area contributed by atoms with Crippen LogP contribution in [-0.2, 0) is 4.79 Å². The highest BCUT2D eigenvalue weighted by Gasteiger charge is 2.30. The normalized spacial score (nSPS) is 22.0. The Bertz CT molecular complexity index is 192. The summed E-state index contributed by atoms with van der Waals surface area (Å²) in [6, 6.07) is 0.296. The summed E-state index contributed by atoms with van der Waals surface area (Å²) >= 11 is 5.84. The van der Waals surface area contributed by atoms with Crippen molar-refractivity contribution in [3.8, 4) is 0 Å². The molecule has 0 aliphatic carbocycles. The van der Waals surface area contributed by atoms with Gasteiger partial charge in [-0.2, -0.15) is 0 Å². The van der Waals surface area contributed by atoms with Gasteiger partial charge in [0.05, 0.1) is 0 Å². The quantitative estimate of drug-likeness (QED) is 0.663. The highest BCUT2D eigenvalue weighted by atomic mass is 35.5. The maximum absolute atomic E-state index is 12.0. The Morgan fingerprint density at radius 1 is 1.50 bits per heavy atom. The van der Waals surface area contributed by atoms with E-state index in [-0.39, 0.29) is 5.92 Å². The van der Waals surface area contributed by atoms with Crippen molar-refractivity contribution < 1.29 is 4.79 Å². The Balaban J connectivity index is 2.58. The summed E-state index contributed by atoms with van der Waals surface area (Å²) in [6.45, 7) is 5.07. The average molecular weight is 218 g/mol. The Labute approximate surface area is 91.6 Å². The van der Waals surface area contributed by atoms with Crippen LogP contribution in [0.25, 0.3) is 0 Å². The zero-order valence-electron chi connectivity index (χ0n) is 9.13. The minimum absolute atomic E-state index is 0.207. The Kier molecular flexibility index (Phi) is 4.73. The van der Waals surface area contributed by atoms with E-state index < -0.39 is 0 Å². The molecule has 1 aliphatic rings. The SMILES string of the molecule is CCC(CC)C(=O)N1CCCC1CCl. The van der Waals surface area contributed by atoms with Crippen LogP contribution in [0.2, 0.25) is 0 Å². The van der Waals surface area contributed by atoms with Gasteiger partial charge in [-0.25, -0.2) is 0 Å². The zero-order chi connectivity index (χ0) is 10.6. The molecule has 0 aromatic heterocycles. The molecule has 1 fully saturated rings. The fraction of sp³-hybridized carbons (Fsp3) is 0.909. The molecule has 1 atom stereocenters. The van der Waals surface area contributed by atoms with Gasteiger partial charge in [-0.15, -0.1) is 11.6 Å². The van der Waals surface area contributed by atoms with Crippen LogP contribution in [0.15, 0.2) is 0 Å². The molecule has 2 nitrogen and oxygen atoms in total. The summed E-state index contributed by atoms with van der Waals surface area (Å²) in [5.74, 6) is 1.11. The first-order chi connectivity index (χ1) is 6.74. The number of nitrogens with zero attached hydrogens (tertiary/aromatic N) is 1. The summed E-state index contributed by atoms with van der Waals surface area (Å²) in [5, 5.41) is 0. The number of halogens is 1. The van der Waals surface area contributed by atoms with Gasteiger partial charge in [-0.3, -0.25) is 4.79 Å². The van der Waals surface area contributed by atoms with E-state index in [0.29, 0.717) is 17.8 Å². The molecule has 3 heteroatoms. The summed E-state index contributed by atoms with van der Waals surface area (Å²) in [7, 11) is 0. The molecule has 1 aliphatic heterocycles. The van der Waals surface area contributed by atoms with Crippen LogP contribution in [0.5, 0.6) is 0 Å². The Hall–Kier alpha value is -0.240. The third-order valence-electron chi connectivity index (χ3n) is 3.17. The molecule has 1 saturated heterocycles. The molecular weight excluding hydrogens is 198 g/mol. The highest BCUT2D eigenvalue weighted by Crippen LogP contribution is 2.22. The van der Waals surface area contributed by atoms with E-state index >= 15 is 0 Å². The predicted molar refractivity (Wildman–Crippen MR) is 59.5 cm³/mol. The third kappa shape index (κ3) is 2.41. The molecule has 1 rings (SSSR count). The molecule has 0 aromatic carbocycles. The van der Waals surface area contributed by atoms with Crippen molar-refractivity contribution in [1.82, 2.24) is 4.90 Å². The summed E-state index contributed by atoms with van der Waals surface area (Å²) in [6.07, 6.45) is 4.08. The van der Waals surface area contributed by atoms with Gasteiger partial charge in [-0.05, 0) is 25.7 Å².